The molecule has 0 radical (unpaired) electrons. The number of carbonyl (C=O) groups is 1. The minimum absolute atomic E-state index is 0.00825. The van der Waals surface area contributed by atoms with E-state index in [-0.39, 0.29) is 17.1 Å². The maximum Gasteiger partial charge on any atom is 0.416 e. The Balaban J connectivity index is 2.28. The zero-order valence-electron chi connectivity index (χ0n) is 11.8. The molecule has 2 aromatic carbocycles. The van der Waals surface area contributed by atoms with Crippen LogP contribution in [-0.2, 0) is 6.18 Å². The van der Waals surface area contributed by atoms with Crippen LogP contribution in [0.2, 0.25) is 0 Å². The second-order valence-corrected chi connectivity index (χ2v) is 4.45. The van der Waals surface area contributed by atoms with E-state index in [2.05, 4.69) is 0 Å². The number of alkyl halides is 3. The summed E-state index contributed by atoms with van der Waals surface area (Å²) in [5, 5.41) is 8.80. The van der Waals surface area contributed by atoms with E-state index in [1.807, 2.05) is 6.07 Å². The number of benzene rings is 2. The molecule has 0 unspecified atom stereocenters. The highest BCUT2D eigenvalue weighted by Gasteiger charge is 2.31. The third-order valence-corrected chi connectivity index (χ3v) is 2.92. The summed E-state index contributed by atoms with van der Waals surface area (Å²) in [7, 11) is 1.32. The van der Waals surface area contributed by atoms with Crippen LogP contribution in [0.25, 0.3) is 0 Å². The van der Waals surface area contributed by atoms with Gasteiger partial charge >= 0.3 is 12.1 Å². The van der Waals surface area contributed by atoms with Crippen molar-refractivity contribution in [1.82, 2.24) is 0 Å². The Bertz CT molecular complexity index is 779. The molecule has 0 bridgehead atoms. The zero-order chi connectivity index (χ0) is 17.0. The molecule has 0 aromatic heterocycles. The lowest BCUT2D eigenvalue weighted by molar-refractivity contribution is -0.137. The predicted molar refractivity (Wildman–Crippen MR) is 74.1 cm³/mol. The highest BCUT2D eigenvalue weighted by molar-refractivity contribution is 5.91. The summed E-state index contributed by atoms with van der Waals surface area (Å²) >= 11 is 0. The minimum atomic E-state index is -4.55. The van der Waals surface area contributed by atoms with Crippen LogP contribution in [0.1, 0.15) is 21.5 Å². The summed E-state index contributed by atoms with van der Waals surface area (Å²) in [6, 6.07) is 9.89. The van der Waals surface area contributed by atoms with Gasteiger partial charge in [0.05, 0.1) is 29.9 Å². The van der Waals surface area contributed by atoms with Crippen molar-refractivity contribution in [2.45, 2.75) is 6.18 Å². The summed E-state index contributed by atoms with van der Waals surface area (Å²) in [5.41, 5.74) is -0.898. The first-order chi connectivity index (χ1) is 10.8. The average Bonchev–Trinajstić information content (AvgIpc) is 2.54. The Morgan fingerprint density at radius 1 is 1.13 bits per heavy atom. The largest absolute Gasteiger partial charge is 0.493 e. The molecule has 118 valence electrons. The lowest BCUT2D eigenvalue weighted by atomic mass is 10.1. The Hall–Kier alpha value is -3.01. The van der Waals surface area contributed by atoms with Gasteiger partial charge in [-0.05, 0) is 30.3 Å². The van der Waals surface area contributed by atoms with Crippen molar-refractivity contribution in [3.8, 4) is 17.6 Å². The highest BCUT2D eigenvalue weighted by atomic mass is 19.4. The first-order valence-electron chi connectivity index (χ1n) is 6.32. The van der Waals surface area contributed by atoms with Crippen LogP contribution in [-0.4, -0.2) is 13.1 Å². The molecule has 0 heterocycles. The van der Waals surface area contributed by atoms with Crippen LogP contribution >= 0.6 is 0 Å². The smallest absolute Gasteiger partial charge is 0.416 e. The second-order valence-electron chi connectivity index (χ2n) is 4.45. The molecule has 0 aliphatic heterocycles. The molecule has 23 heavy (non-hydrogen) atoms. The quantitative estimate of drug-likeness (QED) is 0.637. The van der Waals surface area contributed by atoms with Gasteiger partial charge in [-0.2, -0.15) is 18.4 Å². The van der Waals surface area contributed by atoms with Crippen molar-refractivity contribution < 1.29 is 27.4 Å². The van der Waals surface area contributed by atoms with Crippen molar-refractivity contribution in [1.29, 1.82) is 5.26 Å². The van der Waals surface area contributed by atoms with Gasteiger partial charge in [0.2, 0.25) is 0 Å². The van der Waals surface area contributed by atoms with Crippen molar-refractivity contribution in [2.24, 2.45) is 0 Å². The van der Waals surface area contributed by atoms with Gasteiger partial charge in [0.15, 0.2) is 11.5 Å². The van der Waals surface area contributed by atoms with Crippen LogP contribution in [0.15, 0.2) is 42.5 Å². The van der Waals surface area contributed by atoms with Crippen LogP contribution in [0.5, 0.6) is 11.5 Å². The van der Waals surface area contributed by atoms with Gasteiger partial charge in [-0.25, -0.2) is 4.79 Å². The summed E-state index contributed by atoms with van der Waals surface area (Å²) in [5.74, 6) is -0.822. The van der Waals surface area contributed by atoms with Gasteiger partial charge in [-0.1, -0.05) is 6.07 Å². The molecule has 0 aliphatic carbocycles. The first kappa shape index (κ1) is 16.4. The van der Waals surface area contributed by atoms with Gasteiger partial charge in [0.1, 0.15) is 0 Å². The van der Waals surface area contributed by atoms with Gasteiger partial charge in [-0.15, -0.1) is 0 Å². The normalized spacial score (nSPS) is 10.7. The molecule has 0 aliphatic rings. The highest BCUT2D eigenvalue weighted by Crippen LogP contribution is 2.31. The Kier molecular flexibility index (Phi) is 4.55. The van der Waals surface area contributed by atoms with Gasteiger partial charge < -0.3 is 9.47 Å². The third kappa shape index (κ3) is 3.80. The molecule has 2 aromatic rings. The number of nitriles is 1. The van der Waals surface area contributed by atoms with E-state index in [1.54, 1.807) is 0 Å². The van der Waals surface area contributed by atoms with Crippen molar-refractivity contribution in [3.05, 3.63) is 59.2 Å². The molecule has 7 heteroatoms. The Morgan fingerprint density at radius 2 is 1.87 bits per heavy atom. The molecule has 4 nitrogen and oxygen atoms in total. The maximum atomic E-state index is 12.7. The molecular weight excluding hydrogens is 311 g/mol. The summed E-state index contributed by atoms with van der Waals surface area (Å²) in [6.45, 7) is 0. The van der Waals surface area contributed by atoms with Gasteiger partial charge in [0.25, 0.3) is 0 Å². The lowest BCUT2D eigenvalue weighted by Crippen LogP contribution is -2.12. The number of hydrogen-bond donors (Lipinski definition) is 0. The van der Waals surface area contributed by atoms with E-state index in [0.717, 1.165) is 12.1 Å². The van der Waals surface area contributed by atoms with Crippen LogP contribution < -0.4 is 9.47 Å². The van der Waals surface area contributed by atoms with Gasteiger partial charge in [0, 0.05) is 6.07 Å². The number of halogens is 3. The number of rotatable bonds is 3. The Labute approximate surface area is 129 Å². The van der Waals surface area contributed by atoms with E-state index in [0.29, 0.717) is 11.6 Å². The number of hydrogen-bond acceptors (Lipinski definition) is 4. The van der Waals surface area contributed by atoms with Crippen molar-refractivity contribution in [3.63, 3.8) is 0 Å². The lowest BCUT2D eigenvalue weighted by Gasteiger charge is -2.11. The van der Waals surface area contributed by atoms with Crippen molar-refractivity contribution >= 4 is 5.97 Å². The second kappa shape index (κ2) is 6.40. The van der Waals surface area contributed by atoms with E-state index >= 15 is 0 Å². The van der Waals surface area contributed by atoms with E-state index in [4.69, 9.17) is 14.7 Å². The molecule has 0 saturated carbocycles. The standard InChI is InChI=1S/C16H10F3NO3/c1-22-14-7-10(9-20)5-6-13(14)23-15(21)11-3-2-4-12(8-11)16(17,18)19/h2-8H,1H3. The van der Waals surface area contributed by atoms with Crippen molar-refractivity contribution in [2.75, 3.05) is 7.11 Å². The number of nitrogens with zero attached hydrogens (tertiary/aromatic N) is 1. The molecule has 0 saturated heterocycles. The van der Waals surface area contributed by atoms with Crippen LogP contribution in [0.3, 0.4) is 0 Å². The van der Waals surface area contributed by atoms with Crippen LogP contribution in [0, 0.1) is 11.3 Å². The fourth-order valence-electron chi connectivity index (χ4n) is 1.80. The molecule has 0 fully saturated rings. The van der Waals surface area contributed by atoms with E-state index < -0.39 is 17.7 Å². The van der Waals surface area contributed by atoms with Gasteiger partial charge in [-0.3, -0.25) is 0 Å². The topological polar surface area (TPSA) is 59.3 Å². The summed E-state index contributed by atoms with van der Waals surface area (Å²) in [4.78, 5) is 12.0. The average molecular weight is 321 g/mol. The Morgan fingerprint density at radius 3 is 2.48 bits per heavy atom. The minimum Gasteiger partial charge on any atom is -0.493 e. The molecule has 0 atom stereocenters. The monoisotopic (exact) mass is 321 g/mol. The number of carbonyl (C=O) groups excluding carboxylic acids is 1. The molecule has 0 amide bonds. The fraction of sp³-hybridized carbons (Fsp3) is 0.125. The molecular formula is C16H10F3NO3. The first-order valence-corrected chi connectivity index (χ1v) is 6.32. The summed E-state index contributed by atoms with van der Waals surface area (Å²) in [6.07, 6.45) is -4.55. The van der Waals surface area contributed by atoms with E-state index in [9.17, 15) is 18.0 Å². The van der Waals surface area contributed by atoms with E-state index in [1.165, 1.54) is 31.4 Å². The predicted octanol–water partition coefficient (Wildman–Crippen LogP) is 3.80. The molecule has 0 N–H and O–H groups in total. The SMILES string of the molecule is COc1cc(C#N)ccc1OC(=O)c1cccc(C(F)(F)F)c1. The van der Waals surface area contributed by atoms with Crippen LogP contribution in [0.4, 0.5) is 13.2 Å². The number of ether oxygens (including phenoxy) is 2. The number of esters is 1. The number of methoxy groups -OCH3 is 1. The fourth-order valence-corrected chi connectivity index (χ4v) is 1.80. The maximum absolute atomic E-state index is 12.7. The summed E-state index contributed by atoms with van der Waals surface area (Å²) < 4.78 is 48.0. The third-order valence-electron chi connectivity index (χ3n) is 2.92. The zero-order valence-corrected chi connectivity index (χ0v) is 11.8. The molecule has 0 spiro atoms. The molecule has 2 rings (SSSR count).